The minimum Gasteiger partial charge on any atom is -0.497 e. The van der Waals surface area contributed by atoms with E-state index < -0.39 is 0 Å². The van der Waals surface area contributed by atoms with Crippen LogP contribution >= 0.6 is 0 Å². The molecule has 0 atom stereocenters. The van der Waals surface area contributed by atoms with Gasteiger partial charge >= 0.3 is 0 Å². The SMILES string of the molecule is CCN(C)C(=O)CNCC(=O)Nc1cccc(OC)c1. The summed E-state index contributed by atoms with van der Waals surface area (Å²) in [5.74, 6) is 0.433. The zero-order valence-corrected chi connectivity index (χ0v) is 12.1. The second-order valence-corrected chi connectivity index (χ2v) is 4.29. The van der Waals surface area contributed by atoms with Crippen LogP contribution in [0, 0.1) is 0 Å². The molecule has 0 radical (unpaired) electrons. The smallest absolute Gasteiger partial charge is 0.238 e. The molecule has 0 saturated carbocycles. The highest BCUT2D eigenvalue weighted by Crippen LogP contribution is 2.16. The van der Waals surface area contributed by atoms with E-state index in [2.05, 4.69) is 10.6 Å². The van der Waals surface area contributed by atoms with Crippen molar-refractivity contribution in [2.24, 2.45) is 0 Å². The Kier molecular flexibility index (Phi) is 6.52. The van der Waals surface area contributed by atoms with E-state index in [0.717, 1.165) is 0 Å². The highest BCUT2D eigenvalue weighted by molar-refractivity contribution is 5.92. The molecule has 0 aromatic heterocycles. The number of likely N-dealkylation sites (N-methyl/N-ethyl adjacent to an activating group) is 1. The van der Waals surface area contributed by atoms with Crippen molar-refractivity contribution in [3.8, 4) is 5.75 Å². The number of carbonyl (C=O) groups is 2. The van der Waals surface area contributed by atoms with Crippen molar-refractivity contribution in [2.45, 2.75) is 6.92 Å². The molecule has 0 aliphatic heterocycles. The Morgan fingerprint density at radius 3 is 2.70 bits per heavy atom. The lowest BCUT2D eigenvalue weighted by Crippen LogP contribution is -2.38. The maximum absolute atomic E-state index is 11.7. The zero-order valence-electron chi connectivity index (χ0n) is 12.1. The molecule has 20 heavy (non-hydrogen) atoms. The molecule has 1 aromatic rings. The normalized spacial score (nSPS) is 9.95. The number of hydrogen-bond donors (Lipinski definition) is 2. The van der Waals surface area contributed by atoms with Crippen molar-refractivity contribution in [2.75, 3.05) is 39.1 Å². The number of nitrogens with zero attached hydrogens (tertiary/aromatic N) is 1. The number of carbonyl (C=O) groups excluding carboxylic acids is 2. The zero-order chi connectivity index (χ0) is 15.0. The quantitative estimate of drug-likeness (QED) is 0.771. The number of amides is 2. The first-order valence-corrected chi connectivity index (χ1v) is 6.45. The molecule has 0 bridgehead atoms. The molecule has 0 aliphatic rings. The van der Waals surface area contributed by atoms with Gasteiger partial charge in [-0.3, -0.25) is 14.9 Å². The number of rotatable bonds is 7. The molecular formula is C14H21N3O3. The molecule has 2 N–H and O–H groups in total. The van der Waals surface area contributed by atoms with Gasteiger partial charge in [-0.2, -0.15) is 0 Å². The molecule has 1 aromatic carbocycles. The van der Waals surface area contributed by atoms with Gasteiger partial charge in [-0.15, -0.1) is 0 Å². The van der Waals surface area contributed by atoms with Crippen molar-refractivity contribution in [3.05, 3.63) is 24.3 Å². The number of methoxy groups -OCH3 is 1. The Morgan fingerprint density at radius 2 is 2.05 bits per heavy atom. The Hall–Kier alpha value is -2.08. The Bertz CT molecular complexity index is 463. The Balaban J connectivity index is 2.35. The van der Waals surface area contributed by atoms with Gasteiger partial charge in [0.05, 0.1) is 20.2 Å². The lowest BCUT2D eigenvalue weighted by atomic mass is 10.3. The minimum atomic E-state index is -0.204. The number of ether oxygens (including phenoxy) is 1. The van der Waals surface area contributed by atoms with Crippen LogP contribution in [0.5, 0.6) is 5.75 Å². The van der Waals surface area contributed by atoms with E-state index in [1.54, 1.807) is 43.3 Å². The predicted octanol–water partition coefficient (Wildman–Crippen LogP) is 0.702. The number of nitrogens with one attached hydrogen (secondary N) is 2. The summed E-state index contributed by atoms with van der Waals surface area (Å²) >= 11 is 0. The van der Waals surface area contributed by atoms with Gasteiger partial charge in [0.1, 0.15) is 5.75 Å². The van der Waals surface area contributed by atoms with E-state index in [-0.39, 0.29) is 24.9 Å². The van der Waals surface area contributed by atoms with Crippen LogP contribution < -0.4 is 15.4 Å². The lowest BCUT2D eigenvalue weighted by molar-refractivity contribution is -0.128. The summed E-state index contributed by atoms with van der Waals surface area (Å²) in [7, 11) is 3.29. The second kappa shape index (κ2) is 8.16. The van der Waals surface area contributed by atoms with Crippen LogP contribution in [-0.2, 0) is 9.59 Å². The van der Waals surface area contributed by atoms with Gasteiger partial charge in [0.25, 0.3) is 0 Å². The third kappa shape index (κ3) is 5.27. The summed E-state index contributed by atoms with van der Waals surface area (Å²) in [5.41, 5.74) is 0.660. The van der Waals surface area contributed by atoms with E-state index in [9.17, 15) is 9.59 Å². The van der Waals surface area contributed by atoms with Gasteiger partial charge in [-0.1, -0.05) is 6.07 Å². The van der Waals surface area contributed by atoms with Crippen LogP contribution in [0.4, 0.5) is 5.69 Å². The number of anilines is 1. The molecule has 6 nitrogen and oxygen atoms in total. The second-order valence-electron chi connectivity index (χ2n) is 4.29. The van der Waals surface area contributed by atoms with Crippen LogP contribution in [-0.4, -0.2) is 50.5 Å². The highest BCUT2D eigenvalue weighted by atomic mass is 16.5. The van der Waals surface area contributed by atoms with E-state index in [0.29, 0.717) is 18.0 Å². The molecule has 2 amide bonds. The average Bonchev–Trinajstić information content (AvgIpc) is 2.46. The van der Waals surface area contributed by atoms with E-state index in [1.165, 1.54) is 0 Å². The standard InChI is InChI=1S/C14H21N3O3/c1-4-17(2)14(19)10-15-9-13(18)16-11-6-5-7-12(8-11)20-3/h5-8,15H,4,9-10H2,1-3H3,(H,16,18). The summed E-state index contributed by atoms with van der Waals surface area (Å²) in [6.07, 6.45) is 0. The molecule has 6 heteroatoms. The molecule has 0 spiro atoms. The summed E-state index contributed by atoms with van der Waals surface area (Å²) in [6.45, 7) is 2.78. The number of hydrogen-bond acceptors (Lipinski definition) is 4. The van der Waals surface area contributed by atoms with Crippen LogP contribution in [0.1, 0.15) is 6.92 Å². The molecule has 1 rings (SSSR count). The van der Waals surface area contributed by atoms with Crippen molar-refractivity contribution < 1.29 is 14.3 Å². The fraction of sp³-hybridized carbons (Fsp3) is 0.429. The molecule has 0 unspecified atom stereocenters. The minimum absolute atomic E-state index is 0.0401. The van der Waals surface area contributed by atoms with Crippen LogP contribution in [0.25, 0.3) is 0 Å². The third-order valence-corrected chi connectivity index (χ3v) is 2.82. The van der Waals surface area contributed by atoms with Crippen LogP contribution in [0.3, 0.4) is 0 Å². The molecular weight excluding hydrogens is 258 g/mol. The van der Waals surface area contributed by atoms with Gasteiger partial charge in [0.2, 0.25) is 11.8 Å². The third-order valence-electron chi connectivity index (χ3n) is 2.82. The summed E-state index contributed by atoms with van der Waals surface area (Å²) in [6, 6.07) is 7.10. The molecule has 110 valence electrons. The molecule has 0 fully saturated rings. The maximum Gasteiger partial charge on any atom is 0.238 e. The monoisotopic (exact) mass is 279 g/mol. The highest BCUT2D eigenvalue weighted by Gasteiger charge is 2.07. The van der Waals surface area contributed by atoms with Crippen LogP contribution in [0.15, 0.2) is 24.3 Å². The summed E-state index contributed by atoms with van der Waals surface area (Å²) < 4.78 is 5.07. The first-order valence-electron chi connectivity index (χ1n) is 6.45. The lowest BCUT2D eigenvalue weighted by Gasteiger charge is -2.14. The van der Waals surface area contributed by atoms with Crippen molar-refractivity contribution in [1.82, 2.24) is 10.2 Å². The van der Waals surface area contributed by atoms with Gasteiger partial charge in [-0.25, -0.2) is 0 Å². The molecule has 0 aliphatic carbocycles. The number of benzene rings is 1. The van der Waals surface area contributed by atoms with E-state index in [1.807, 2.05) is 6.92 Å². The fourth-order valence-corrected chi connectivity index (χ4v) is 1.50. The predicted molar refractivity (Wildman–Crippen MR) is 77.8 cm³/mol. The van der Waals surface area contributed by atoms with Gasteiger partial charge in [0.15, 0.2) is 0 Å². The summed E-state index contributed by atoms with van der Waals surface area (Å²) in [5, 5.41) is 5.54. The topological polar surface area (TPSA) is 70.7 Å². The fourth-order valence-electron chi connectivity index (χ4n) is 1.50. The van der Waals surface area contributed by atoms with Crippen molar-refractivity contribution in [3.63, 3.8) is 0 Å². The Morgan fingerprint density at radius 1 is 1.30 bits per heavy atom. The molecule has 0 heterocycles. The van der Waals surface area contributed by atoms with Crippen molar-refractivity contribution >= 4 is 17.5 Å². The maximum atomic E-state index is 11.7. The van der Waals surface area contributed by atoms with Gasteiger partial charge in [-0.05, 0) is 19.1 Å². The van der Waals surface area contributed by atoms with E-state index in [4.69, 9.17) is 4.74 Å². The summed E-state index contributed by atoms with van der Waals surface area (Å²) in [4.78, 5) is 24.8. The van der Waals surface area contributed by atoms with Crippen molar-refractivity contribution in [1.29, 1.82) is 0 Å². The first-order chi connectivity index (χ1) is 9.56. The average molecular weight is 279 g/mol. The first kappa shape index (κ1) is 16.0. The Labute approximate surface area is 119 Å². The van der Waals surface area contributed by atoms with Crippen LogP contribution in [0.2, 0.25) is 0 Å². The largest absolute Gasteiger partial charge is 0.497 e. The van der Waals surface area contributed by atoms with Gasteiger partial charge < -0.3 is 15.0 Å². The molecule has 0 saturated heterocycles. The van der Waals surface area contributed by atoms with E-state index >= 15 is 0 Å². The van der Waals surface area contributed by atoms with Gasteiger partial charge in [0, 0.05) is 25.3 Å².